The molecule has 7 heteroatoms. The Morgan fingerprint density at radius 1 is 1.46 bits per heavy atom. The first-order valence-electron chi connectivity index (χ1n) is 3.36. The summed E-state index contributed by atoms with van der Waals surface area (Å²) in [6, 6.07) is 0. The summed E-state index contributed by atoms with van der Waals surface area (Å²) in [5, 5.41) is 5.78. The Bertz CT molecular complexity index is 512. The van der Waals surface area contributed by atoms with E-state index in [2.05, 4.69) is 15.1 Å². The van der Waals surface area contributed by atoms with Crippen LogP contribution in [0.3, 0.4) is 0 Å². The van der Waals surface area contributed by atoms with Crippen molar-refractivity contribution in [2.75, 3.05) is 0 Å². The van der Waals surface area contributed by atoms with Gasteiger partial charge in [-0.3, -0.25) is 9.78 Å². The van der Waals surface area contributed by atoms with Crippen molar-refractivity contribution in [1.29, 1.82) is 0 Å². The predicted molar refractivity (Wildman–Crippen MR) is 46.1 cm³/mol. The quantitative estimate of drug-likeness (QED) is 0.659. The van der Waals surface area contributed by atoms with Gasteiger partial charge in [0.05, 0.1) is 0 Å². The summed E-state index contributed by atoms with van der Waals surface area (Å²) < 4.78 is 1.03. The third-order valence-electron chi connectivity index (χ3n) is 1.31. The maximum absolute atomic E-state index is 11.1. The molecule has 0 radical (unpaired) electrons. The van der Waals surface area contributed by atoms with E-state index >= 15 is 0 Å². The minimum Gasteiger partial charge on any atom is -0.271 e. The number of aromatic amines is 1. The molecule has 2 aromatic rings. The Hall–Kier alpha value is -1.76. The van der Waals surface area contributed by atoms with Crippen molar-refractivity contribution in [3.8, 4) is 5.13 Å². The molecule has 0 spiro atoms. The summed E-state index contributed by atoms with van der Waals surface area (Å²) in [5.41, 5.74) is -1.10. The Labute approximate surface area is 75.5 Å². The molecule has 0 bridgehead atoms. The molecule has 2 aromatic heterocycles. The minimum absolute atomic E-state index is 0.432. The van der Waals surface area contributed by atoms with Gasteiger partial charge in [-0.05, 0) is 0 Å². The number of aromatic nitrogens is 4. The first kappa shape index (κ1) is 7.87. The highest BCUT2D eigenvalue weighted by molar-refractivity contribution is 7.12. The lowest BCUT2D eigenvalue weighted by Crippen LogP contribution is -2.30. The van der Waals surface area contributed by atoms with Crippen molar-refractivity contribution in [2.45, 2.75) is 0 Å². The average molecular weight is 196 g/mol. The van der Waals surface area contributed by atoms with E-state index in [1.807, 2.05) is 0 Å². The maximum atomic E-state index is 11.1. The lowest BCUT2D eigenvalue weighted by atomic mass is 10.8. The molecule has 0 atom stereocenters. The van der Waals surface area contributed by atoms with Crippen LogP contribution in [0.5, 0.6) is 0 Å². The second-order valence-electron chi connectivity index (χ2n) is 2.17. The van der Waals surface area contributed by atoms with Crippen LogP contribution in [0.2, 0.25) is 0 Å². The molecule has 2 rings (SSSR count). The van der Waals surface area contributed by atoms with Gasteiger partial charge in [0.1, 0.15) is 6.20 Å². The van der Waals surface area contributed by atoms with Gasteiger partial charge in [0.15, 0.2) is 0 Å². The van der Waals surface area contributed by atoms with Crippen LogP contribution in [0, 0.1) is 0 Å². The van der Waals surface area contributed by atoms with Crippen molar-refractivity contribution >= 4 is 11.3 Å². The molecular formula is C6H4N4O2S. The van der Waals surface area contributed by atoms with Crippen LogP contribution >= 0.6 is 11.3 Å². The molecule has 13 heavy (non-hydrogen) atoms. The average Bonchev–Trinajstić information content (AvgIpc) is 2.56. The van der Waals surface area contributed by atoms with Gasteiger partial charge in [0, 0.05) is 11.6 Å². The predicted octanol–water partition coefficient (Wildman–Crippen LogP) is -0.623. The van der Waals surface area contributed by atoms with Gasteiger partial charge in [0.25, 0.3) is 5.56 Å². The number of hydrogen-bond donors (Lipinski definition) is 1. The third kappa shape index (κ3) is 1.41. The highest BCUT2D eigenvalue weighted by atomic mass is 32.1. The van der Waals surface area contributed by atoms with Crippen molar-refractivity contribution in [1.82, 2.24) is 19.7 Å². The number of hydrogen-bond acceptors (Lipinski definition) is 5. The molecule has 0 fully saturated rings. The zero-order valence-corrected chi connectivity index (χ0v) is 7.11. The first-order valence-corrected chi connectivity index (χ1v) is 4.24. The Kier molecular flexibility index (Phi) is 1.78. The fourth-order valence-corrected chi connectivity index (χ4v) is 1.41. The van der Waals surface area contributed by atoms with E-state index in [-0.39, 0.29) is 0 Å². The van der Waals surface area contributed by atoms with Gasteiger partial charge in [-0.25, -0.2) is 9.78 Å². The topological polar surface area (TPSA) is 80.6 Å². The zero-order chi connectivity index (χ0) is 9.26. The van der Waals surface area contributed by atoms with E-state index in [0.717, 1.165) is 10.9 Å². The van der Waals surface area contributed by atoms with Gasteiger partial charge in [-0.15, -0.1) is 11.3 Å². The van der Waals surface area contributed by atoms with E-state index in [1.54, 1.807) is 11.6 Å². The lowest BCUT2D eigenvalue weighted by Gasteiger charge is -1.94. The summed E-state index contributed by atoms with van der Waals surface area (Å²) in [4.78, 5) is 27.8. The summed E-state index contributed by atoms with van der Waals surface area (Å²) in [7, 11) is 0. The molecule has 2 heterocycles. The van der Waals surface area contributed by atoms with Crippen molar-refractivity contribution in [2.24, 2.45) is 0 Å². The number of nitrogens with zero attached hydrogens (tertiary/aromatic N) is 3. The minimum atomic E-state index is -0.581. The lowest BCUT2D eigenvalue weighted by molar-refractivity contribution is 0.744. The van der Waals surface area contributed by atoms with Crippen LogP contribution in [0.4, 0.5) is 0 Å². The van der Waals surface area contributed by atoms with Crippen LogP contribution in [-0.4, -0.2) is 19.7 Å². The Morgan fingerprint density at radius 3 is 2.92 bits per heavy atom. The van der Waals surface area contributed by atoms with Crippen molar-refractivity contribution < 1.29 is 0 Å². The van der Waals surface area contributed by atoms with Crippen LogP contribution < -0.4 is 11.2 Å². The fraction of sp³-hybridized carbons (Fsp3) is 0. The molecule has 0 aromatic carbocycles. The highest BCUT2D eigenvalue weighted by Gasteiger charge is 2.02. The van der Waals surface area contributed by atoms with E-state index in [4.69, 9.17) is 0 Å². The first-order chi connectivity index (χ1) is 6.27. The van der Waals surface area contributed by atoms with Crippen LogP contribution in [0.25, 0.3) is 5.13 Å². The number of nitrogens with one attached hydrogen (secondary N) is 1. The fourth-order valence-electron chi connectivity index (χ4n) is 0.810. The van der Waals surface area contributed by atoms with Crippen LogP contribution in [0.15, 0.2) is 27.4 Å². The standard InChI is InChI=1S/C6H4N4O2S/c11-4-3-8-10(5(12)9-4)6-7-1-2-13-6/h1-3H,(H,9,11,12). The van der Waals surface area contributed by atoms with Crippen molar-refractivity contribution in [3.63, 3.8) is 0 Å². The Morgan fingerprint density at radius 2 is 2.31 bits per heavy atom. The molecule has 1 N–H and O–H groups in total. The molecule has 0 aliphatic rings. The molecular weight excluding hydrogens is 192 g/mol. The van der Waals surface area contributed by atoms with Gasteiger partial charge >= 0.3 is 5.69 Å². The zero-order valence-electron chi connectivity index (χ0n) is 6.30. The molecule has 66 valence electrons. The number of rotatable bonds is 1. The van der Waals surface area contributed by atoms with Gasteiger partial charge in [-0.2, -0.15) is 9.78 Å². The van der Waals surface area contributed by atoms with Crippen molar-refractivity contribution in [3.05, 3.63) is 38.6 Å². The molecule has 0 aliphatic heterocycles. The molecule has 0 saturated carbocycles. The molecule has 0 amide bonds. The number of H-pyrrole nitrogens is 1. The molecule has 0 unspecified atom stereocenters. The van der Waals surface area contributed by atoms with E-state index in [1.165, 1.54) is 11.3 Å². The van der Waals surface area contributed by atoms with E-state index < -0.39 is 11.2 Å². The summed E-state index contributed by atoms with van der Waals surface area (Å²) in [6.45, 7) is 0. The molecule has 6 nitrogen and oxygen atoms in total. The normalized spacial score (nSPS) is 10.2. The summed E-state index contributed by atoms with van der Waals surface area (Å²) in [6.07, 6.45) is 2.59. The summed E-state index contributed by atoms with van der Waals surface area (Å²) >= 11 is 1.26. The van der Waals surface area contributed by atoms with E-state index in [0.29, 0.717) is 5.13 Å². The highest BCUT2D eigenvalue weighted by Crippen LogP contribution is 2.04. The largest absolute Gasteiger partial charge is 0.351 e. The monoisotopic (exact) mass is 196 g/mol. The van der Waals surface area contributed by atoms with Gasteiger partial charge < -0.3 is 0 Å². The Balaban J connectivity index is 2.67. The second-order valence-corrected chi connectivity index (χ2v) is 3.04. The molecule has 0 saturated heterocycles. The SMILES string of the molecule is O=c1cnn(-c2nccs2)c(=O)[nH]1. The number of thiazole rings is 1. The van der Waals surface area contributed by atoms with Crippen LogP contribution in [0.1, 0.15) is 0 Å². The maximum Gasteiger partial charge on any atom is 0.351 e. The summed E-state index contributed by atoms with van der Waals surface area (Å²) in [5.74, 6) is 0. The van der Waals surface area contributed by atoms with Crippen LogP contribution in [-0.2, 0) is 0 Å². The van der Waals surface area contributed by atoms with Gasteiger partial charge in [-0.1, -0.05) is 0 Å². The van der Waals surface area contributed by atoms with E-state index in [9.17, 15) is 9.59 Å². The second kappa shape index (κ2) is 2.94. The van der Waals surface area contributed by atoms with Gasteiger partial charge in [0.2, 0.25) is 5.13 Å². The smallest absolute Gasteiger partial charge is 0.271 e. The molecule has 0 aliphatic carbocycles. The third-order valence-corrected chi connectivity index (χ3v) is 2.06.